The first kappa shape index (κ1) is 52.8. The fourth-order valence-electron chi connectivity index (χ4n) is 6.16. The summed E-state index contributed by atoms with van der Waals surface area (Å²) in [6.45, 7) is 3.17. The fourth-order valence-corrected chi connectivity index (χ4v) is 7.13. The third-order valence-corrected chi connectivity index (χ3v) is 10.6. The Bertz CT molecular complexity index is 1190. The Labute approximate surface area is 341 Å². The first-order valence-corrected chi connectivity index (χ1v) is 22.9. The second-order valence-electron chi connectivity index (χ2n) is 14.8. The van der Waals surface area contributed by atoms with Crippen LogP contribution in [-0.4, -0.2) is 98.3 Å². The Hall–Kier alpha value is -2.19. The van der Waals surface area contributed by atoms with E-state index in [2.05, 4.69) is 62.5 Å². The van der Waals surface area contributed by atoms with Gasteiger partial charge >= 0.3 is 19.8 Å². The van der Waals surface area contributed by atoms with Crippen molar-refractivity contribution in [3.05, 3.63) is 48.6 Å². The lowest BCUT2D eigenvalue weighted by atomic mass is 9.85. The lowest BCUT2D eigenvalue weighted by molar-refractivity contribution is -0.220. The normalized spacial score (nSPS) is 23.2. The molecule has 8 atom stereocenters. The third-order valence-electron chi connectivity index (χ3n) is 9.65. The summed E-state index contributed by atoms with van der Waals surface area (Å²) in [5.74, 6) is -1.14. The minimum Gasteiger partial charge on any atom is -0.462 e. The molecule has 0 bridgehead atoms. The van der Waals surface area contributed by atoms with Crippen LogP contribution in [0.5, 0.6) is 0 Å². The highest BCUT2D eigenvalue weighted by atomic mass is 31.2. The summed E-state index contributed by atoms with van der Waals surface area (Å²) in [4.78, 5) is 35.5. The van der Waals surface area contributed by atoms with Gasteiger partial charge in [0.25, 0.3) is 0 Å². The van der Waals surface area contributed by atoms with Gasteiger partial charge in [-0.1, -0.05) is 140 Å². The molecule has 57 heavy (non-hydrogen) atoms. The summed E-state index contributed by atoms with van der Waals surface area (Å²) in [5.41, 5.74) is 0. The highest BCUT2D eigenvalue weighted by molar-refractivity contribution is 7.47. The van der Waals surface area contributed by atoms with Crippen molar-refractivity contribution in [1.29, 1.82) is 0 Å². The van der Waals surface area contributed by atoms with Crippen LogP contribution in [-0.2, 0) is 32.7 Å². The second kappa shape index (κ2) is 33.6. The predicted octanol–water partition coefficient (Wildman–Crippen LogP) is 7.61. The molecule has 1 rings (SSSR count). The van der Waals surface area contributed by atoms with E-state index < -0.39 is 75.7 Å². The van der Waals surface area contributed by atoms with Crippen molar-refractivity contribution in [1.82, 2.24) is 0 Å². The second-order valence-corrected chi connectivity index (χ2v) is 16.3. The van der Waals surface area contributed by atoms with E-state index in [9.17, 15) is 44.6 Å². The highest BCUT2D eigenvalue weighted by Gasteiger charge is 2.51. The van der Waals surface area contributed by atoms with E-state index in [1.807, 2.05) is 0 Å². The van der Waals surface area contributed by atoms with Crippen molar-refractivity contribution in [2.75, 3.05) is 13.2 Å². The van der Waals surface area contributed by atoms with Gasteiger partial charge in [0.1, 0.15) is 43.2 Å². The quantitative estimate of drug-likeness (QED) is 0.0160. The summed E-state index contributed by atoms with van der Waals surface area (Å²) in [6, 6.07) is 0. The first-order chi connectivity index (χ1) is 27.4. The summed E-state index contributed by atoms with van der Waals surface area (Å²) < 4.78 is 33.4. The summed E-state index contributed by atoms with van der Waals surface area (Å²) in [6.07, 6.45) is 24.6. The molecule has 330 valence electrons. The van der Waals surface area contributed by atoms with Crippen LogP contribution in [0.15, 0.2) is 48.6 Å². The van der Waals surface area contributed by atoms with Crippen LogP contribution in [0.3, 0.4) is 0 Å². The topological polar surface area (TPSA) is 210 Å². The zero-order chi connectivity index (χ0) is 42.2. The Morgan fingerprint density at radius 2 is 0.982 bits per heavy atom. The number of phosphoric acid groups is 1. The Morgan fingerprint density at radius 1 is 0.544 bits per heavy atom. The minimum atomic E-state index is -5.12. The Morgan fingerprint density at radius 3 is 1.51 bits per heavy atom. The van der Waals surface area contributed by atoms with Crippen LogP contribution in [0.1, 0.15) is 155 Å². The van der Waals surface area contributed by atoms with Crippen molar-refractivity contribution >= 4 is 19.8 Å². The number of hydrogen-bond donors (Lipinski definition) is 6. The van der Waals surface area contributed by atoms with Crippen LogP contribution < -0.4 is 0 Å². The molecule has 0 aromatic carbocycles. The molecule has 0 spiro atoms. The molecule has 0 radical (unpaired) electrons. The van der Waals surface area contributed by atoms with Crippen LogP contribution in [0, 0.1) is 0 Å². The number of aliphatic hydroxyl groups excluding tert-OH is 5. The number of rotatable bonds is 34. The maximum absolute atomic E-state index is 12.8. The monoisotopic (exact) mass is 830 g/mol. The van der Waals surface area contributed by atoms with Gasteiger partial charge in [-0.25, -0.2) is 4.57 Å². The van der Waals surface area contributed by atoms with Crippen LogP contribution >= 0.6 is 7.82 Å². The van der Waals surface area contributed by atoms with Crippen LogP contribution in [0.25, 0.3) is 0 Å². The van der Waals surface area contributed by atoms with Gasteiger partial charge in [0, 0.05) is 12.8 Å². The standard InChI is InChI=1S/C43H75O13P/c1-3-5-7-9-11-13-15-16-17-18-19-20-22-24-26-28-30-32-37(45)55-35(33-53-36(44)31-29-27-25-23-21-14-12-10-8-6-4-2)34-54-57(51,52)56-43-41(49)39(47)38(46)40(48)42(43)50/h7,9,13,15,17-18,20,22,35,38-43,46-50H,3-6,8,10-12,14,16,19,21,23-34H2,1-2H3,(H,51,52)/b9-7+,15-13+,18-17+,22-20+/t35-,38?,39-,40?,41?,42?,43?/m1/s1. The fraction of sp³-hybridized carbons (Fsp3) is 0.767. The molecule has 0 heterocycles. The molecular weight excluding hydrogens is 755 g/mol. The molecule has 1 aliphatic carbocycles. The van der Waals surface area contributed by atoms with E-state index in [-0.39, 0.29) is 12.8 Å². The number of ether oxygens (including phenoxy) is 2. The molecule has 6 N–H and O–H groups in total. The molecular formula is C43H75O13P. The van der Waals surface area contributed by atoms with Crippen molar-refractivity contribution in [2.24, 2.45) is 0 Å². The van der Waals surface area contributed by atoms with Gasteiger partial charge in [-0.15, -0.1) is 0 Å². The van der Waals surface area contributed by atoms with E-state index in [1.54, 1.807) is 0 Å². The molecule has 0 amide bonds. The molecule has 0 aromatic rings. The van der Waals surface area contributed by atoms with Crippen LogP contribution in [0.4, 0.5) is 0 Å². The van der Waals surface area contributed by atoms with Gasteiger partial charge in [0.15, 0.2) is 6.10 Å². The lowest BCUT2D eigenvalue weighted by Gasteiger charge is -2.41. The molecule has 1 saturated carbocycles. The molecule has 0 aliphatic heterocycles. The smallest absolute Gasteiger partial charge is 0.462 e. The van der Waals surface area contributed by atoms with E-state index >= 15 is 0 Å². The zero-order valence-electron chi connectivity index (χ0n) is 34.6. The van der Waals surface area contributed by atoms with Crippen LogP contribution in [0.2, 0.25) is 0 Å². The molecule has 1 aliphatic rings. The van der Waals surface area contributed by atoms with Crippen molar-refractivity contribution in [3.8, 4) is 0 Å². The average Bonchev–Trinajstić information content (AvgIpc) is 3.19. The minimum absolute atomic E-state index is 0.0589. The number of unbranched alkanes of at least 4 members (excludes halogenated alkanes) is 14. The van der Waals surface area contributed by atoms with Gasteiger partial charge in [-0.2, -0.15) is 0 Å². The van der Waals surface area contributed by atoms with E-state index in [4.69, 9.17) is 18.5 Å². The lowest BCUT2D eigenvalue weighted by Crippen LogP contribution is -2.64. The number of phosphoric ester groups is 1. The summed E-state index contributed by atoms with van der Waals surface area (Å²) in [7, 11) is -5.12. The molecule has 14 heteroatoms. The van der Waals surface area contributed by atoms with Gasteiger partial charge in [-0.05, 0) is 51.4 Å². The number of hydrogen-bond acceptors (Lipinski definition) is 12. The number of aliphatic hydroxyl groups is 5. The maximum atomic E-state index is 12.8. The molecule has 0 saturated heterocycles. The van der Waals surface area contributed by atoms with E-state index in [1.165, 1.54) is 51.4 Å². The maximum Gasteiger partial charge on any atom is 0.472 e. The van der Waals surface area contributed by atoms with Gasteiger partial charge < -0.3 is 39.9 Å². The van der Waals surface area contributed by atoms with Gasteiger partial charge in [0.2, 0.25) is 0 Å². The SMILES string of the molecule is CCC/C=C/C/C=C/C/C=C/C/C=C/CCCCCC(=O)O[C@H](COC(=O)CCCCCCCCCCCCC)COP(=O)(O)OC1C(O)C(O)C(O)[C@@H](O)C1O. The molecule has 1 fully saturated rings. The Balaban J connectivity index is 2.53. The van der Waals surface area contributed by atoms with Crippen molar-refractivity contribution < 1.29 is 63.1 Å². The Kier molecular flexibility index (Phi) is 31.2. The zero-order valence-corrected chi connectivity index (χ0v) is 35.5. The van der Waals surface area contributed by atoms with Gasteiger partial charge in [0.05, 0.1) is 6.61 Å². The summed E-state index contributed by atoms with van der Waals surface area (Å²) >= 11 is 0. The van der Waals surface area contributed by atoms with Crippen molar-refractivity contribution in [3.63, 3.8) is 0 Å². The van der Waals surface area contributed by atoms with Crippen molar-refractivity contribution in [2.45, 2.75) is 198 Å². The highest BCUT2D eigenvalue weighted by Crippen LogP contribution is 2.47. The first-order valence-electron chi connectivity index (χ1n) is 21.4. The molecule has 0 aromatic heterocycles. The largest absolute Gasteiger partial charge is 0.472 e. The molecule has 13 nitrogen and oxygen atoms in total. The summed E-state index contributed by atoms with van der Waals surface area (Å²) in [5, 5.41) is 50.0. The average molecular weight is 831 g/mol. The number of carbonyl (C=O) groups is 2. The third kappa shape index (κ3) is 26.5. The number of esters is 2. The molecule has 6 unspecified atom stereocenters. The predicted molar refractivity (Wildman–Crippen MR) is 221 cm³/mol. The van der Waals surface area contributed by atoms with Gasteiger partial charge in [-0.3, -0.25) is 18.6 Å². The van der Waals surface area contributed by atoms with E-state index in [0.29, 0.717) is 12.8 Å². The number of allylic oxidation sites excluding steroid dienone is 8. The van der Waals surface area contributed by atoms with E-state index in [0.717, 1.165) is 64.2 Å². The number of carbonyl (C=O) groups excluding carboxylic acids is 2.